The van der Waals surface area contributed by atoms with Gasteiger partial charge in [0, 0.05) is 16.5 Å². The Bertz CT molecular complexity index is 409. The van der Waals surface area contributed by atoms with E-state index in [1.165, 1.54) is 0 Å². The lowest BCUT2D eigenvalue weighted by molar-refractivity contribution is -0.140. The number of carboxylic acid groups (broad SMARTS) is 1. The third-order valence-corrected chi connectivity index (χ3v) is 2.60. The van der Waals surface area contributed by atoms with Gasteiger partial charge in [-0.15, -0.1) is 0 Å². The van der Waals surface area contributed by atoms with E-state index in [2.05, 4.69) is 5.32 Å². The Morgan fingerprint density at radius 1 is 1.50 bits per heavy atom. The Kier molecular flexibility index (Phi) is 4.58. The van der Waals surface area contributed by atoms with E-state index < -0.39 is 12.0 Å². The molecule has 1 aromatic rings. The number of hydrogen-bond donors (Lipinski definition) is 2. The molecular weight excluding hydrogens is 253 g/mol. The summed E-state index contributed by atoms with van der Waals surface area (Å²) in [4.78, 5) is 21.0. The van der Waals surface area contributed by atoms with Crippen LogP contribution in [0, 0.1) is 0 Å². The number of hydrogen-bond acceptors (Lipinski definition) is 2. The van der Waals surface area contributed by atoms with Gasteiger partial charge in [0.15, 0.2) is 0 Å². The van der Waals surface area contributed by atoms with Crippen molar-refractivity contribution in [3.8, 4) is 0 Å². The molecule has 0 aliphatic carbocycles. The molecule has 1 rings (SSSR count). The number of carbonyl (C=O) groups excluding carboxylic acids is 1. The molecule has 0 radical (unpaired) electrons. The number of rotatable bonds is 5. The first-order chi connectivity index (χ1) is 7.54. The van der Waals surface area contributed by atoms with Crippen LogP contribution in [0.3, 0.4) is 0 Å². The second-order valence-corrected chi connectivity index (χ2v) is 3.96. The highest BCUT2D eigenvalue weighted by Gasteiger charge is 2.18. The van der Waals surface area contributed by atoms with Crippen LogP contribution in [-0.4, -0.2) is 23.5 Å². The Morgan fingerprint density at radius 2 is 2.19 bits per heavy atom. The molecule has 0 bridgehead atoms. The van der Waals surface area contributed by atoms with Gasteiger partial charge in [0.05, 0.1) is 0 Å². The summed E-state index contributed by atoms with van der Waals surface area (Å²) in [6, 6.07) is 3.76. The van der Waals surface area contributed by atoms with E-state index in [1.54, 1.807) is 18.2 Å². The minimum absolute atomic E-state index is 0.0907. The van der Waals surface area contributed by atoms with Gasteiger partial charge in [0.25, 0.3) is 0 Å². The Labute approximate surface area is 102 Å². The van der Waals surface area contributed by atoms with Gasteiger partial charge in [-0.1, -0.05) is 23.2 Å². The predicted molar refractivity (Wildman–Crippen MR) is 60.8 cm³/mol. The molecule has 0 saturated carbocycles. The van der Waals surface area contributed by atoms with Crippen molar-refractivity contribution in [2.45, 2.75) is 12.5 Å². The summed E-state index contributed by atoms with van der Waals surface area (Å²) < 4.78 is 0. The van der Waals surface area contributed by atoms with Gasteiger partial charge in [-0.2, -0.15) is 0 Å². The average molecular weight is 262 g/mol. The highest BCUT2D eigenvalue weighted by Crippen LogP contribution is 2.21. The lowest BCUT2D eigenvalue weighted by Gasteiger charge is -2.12. The molecule has 0 saturated heterocycles. The molecule has 16 heavy (non-hydrogen) atoms. The van der Waals surface area contributed by atoms with Crippen LogP contribution >= 0.6 is 23.2 Å². The van der Waals surface area contributed by atoms with E-state index in [0.717, 1.165) is 0 Å². The van der Waals surface area contributed by atoms with Crippen molar-refractivity contribution >= 4 is 35.6 Å². The number of benzene rings is 1. The Balaban J connectivity index is 2.88. The van der Waals surface area contributed by atoms with Crippen molar-refractivity contribution in [2.24, 2.45) is 0 Å². The number of carbonyl (C=O) groups is 2. The first-order valence-electron chi connectivity index (χ1n) is 4.41. The van der Waals surface area contributed by atoms with Crippen molar-refractivity contribution in [3.63, 3.8) is 0 Å². The van der Waals surface area contributed by atoms with Gasteiger partial charge in [0.1, 0.15) is 6.04 Å². The monoisotopic (exact) mass is 261 g/mol. The molecule has 1 amide bonds. The molecule has 0 spiro atoms. The number of halogens is 2. The molecule has 1 aromatic carbocycles. The first-order valence-corrected chi connectivity index (χ1v) is 5.16. The zero-order chi connectivity index (χ0) is 12.1. The summed E-state index contributed by atoms with van der Waals surface area (Å²) >= 11 is 11.6. The lowest BCUT2D eigenvalue weighted by Crippen LogP contribution is -2.37. The van der Waals surface area contributed by atoms with Gasteiger partial charge in [0.2, 0.25) is 6.41 Å². The maximum Gasteiger partial charge on any atom is 0.326 e. The quantitative estimate of drug-likeness (QED) is 0.794. The molecule has 6 heteroatoms. The van der Waals surface area contributed by atoms with E-state index in [-0.39, 0.29) is 6.42 Å². The van der Waals surface area contributed by atoms with Crippen molar-refractivity contribution in [2.75, 3.05) is 0 Å². The van der Waals surface area contributed by atoms with Crippen molar-refractivity contribution in [3.05, 3.63) is 33.8 Å². The van der Waals surface area contributed by atoms with Crippen LogP contribution in [0.5, 0.6) is 0 Å². The van der Waals surface area contributed by atoms with Gasteiger partial charge in [-0.05, 0) is 23.8 Å². The third kappa shape index (κ3) is 3.40. The maximum absolute atomic E-state index is 10.8. The molecule has 0 aromatic heterocycles. The molecule has 0 aliphatic rings. The highest BCUT2D eigenvalue weighted by atomic mass is 35.5. The summed E-state index contributed by atoms with van der Waals surface area (Å²) in [5.74, 6) is -1.12. The Hall–Kier alpha value is -1.26. The molecule has 4 nitrogen and oxygen atoms in total. The van der Waals surface area contributed by atoms with Gasteiger partial charge in [-0.25, -0.2) is 4.79 Å². The predicted octanol–water partition coefficient (Wildman–Crippen LogP) is 1.74. The molecular formula is C10H9Cl2NO3. The van der Waals surface area contributed by atoms with Crippen LogP contribution < -0.4 is 5.32 Å². The second kappa shape index (κ2) is 5.72. The minimum Gasteiger partial charge on any atom is -0.480 e. The van der Waals surface area contributed by atoms with Gasteiger partial charge >= 0.3 is 5.97 Å². The Morgan fingerprint density at radius 3 is 2.75 bits per heavy atom. The second-order valence-electron chi connectivity index (χ2n) is 3.12. The molecule has 86 valence electrons. The largest absolute Gasteiger partial charge is 0.480 e. The number of amides is 1. The van der Waals surface area contributed by atoms with E-state index in [0.29, 0.717) is 22.0 Å². The van der Waals surface area contributed by atoms with Crippen LogP contribution in [-0.2, 0) is 16.0 Å². The molecule has 0 aliphatic heterocycles. The fourth-order valence-electron chi connectivity index (χ4n) is 1.22. The third-order valence-electron chi connectivity index (χ3n) is 2.00. The fourth-order valence-corrected chi connectivity index (χ4v) is 1.61. The van der Waals surface area contributed by atoms with Gasteiger partial charge < -0.3 is 10.4 Å². The number of nitrogens with one attached hydrogen (secondary N) is 1. The minimum atomic E-state index is -1.12. The van der Waals surface area contributed by atoms with Crippen LogP contribution in [0.2, 0.25) is 10.0 Å². The summed E-state index contributed by atoms with van der Waals surface area (Å²) in [7, 11) is 0. The zero-order valence-electron chi connectivity index (χ0n) is 8.11. The molecule has 0 fully saturated rings. The van der Waals surface area contributed by atoms with E-state index in [4.69, 9.17) is 28.3 Å². The molecule has 2 N–H and O–H groups in total. The van der Waals surface area contributed by atoms with Crippen LogP contribution in [0.15, 0.2) is 18.2 Å². The van der Waals surface area contributed by atoms with Crippen molar-refractivity contribution in [1.29, 1.82) is 0 Å². The van der Waals surface area contributed by atoms with Crippen LogP contribution in [0.25, 0.3) is 0 Å². The van der Waals surface area contributed by atoms with Crippen LogP contribution in [0.4, 0.5) is 0 Å². The summed E-state index contributed by atoms with van der Waals surface area (Å²) in [6.45, 7) is 0. The normalized spacial score (nSPS) is 11.9. The number of carboxylic acids is 1. The summed E-state index contributed by atoms with van der Waals surface area (Å²) in [5.41, 5.74) is 0.580. The summed E-state index contributed by atoms with van der Waals surface area (Å²) in [5, 5.41) is 11.9. The van der Waals surface area contributed by atoms with Crippen molar-refractivity contribution < 1.29 is 14.7 Å². The topological polar surface area (TPSA) is 66.4 Å². The smallest absolute Gasteiger partial charge is 0.326 e. The molecule has 1 atom stereocenters. The summed E-state index contributed by atoms with van der Waals surface area (Å²) in [6.07, 6.45) is 0.435. The lowest BCUT2D eigenvalue weighted by atomic mass is 10.1. The van der Waals surface area contributed by atoms with Crippen LogP contribution in [0.1, 0.15) is 5.56 Å². The highest BCUT2D eigenvalue weighted by molar-refractivity contribution is 6.33. The molecule has 1 unspecified atom stereocenters. The first kappa shape index (κ1) is 12.8. The SMILES string of the molecule is O=CNC(Cc1cc(Cl)ccc1Cl)C(=O)O. The van der Waals surface area contributed by atoms with Crippen molar-refractivity contribution in [1.82, 2.24) is 5.32 Å². The van der Waals surface area contributed by atoms with E-state index in [1.807, 2.05) is 0 Å². The van der Waals surface area contributed by atoms with E-state index >= 15 is 0 Å². The maximum atomic E-state index is 10.8. The molecule has 0 heterocycles. The fraction of sp³-hybridized carbons (Fsp3) is 0.200. The standard InChI is InChI=1S/C10H9Cl2NO3/c11-7-1-2-8(12)6(3-7)4-9(10(15)16)13-5-14/h1-3,5,9H,4H2,(H,13,14)(H,15,16). The average Bonchev–Trinajstić information content (AvgIpc) is 2.22. The van der Waals surface area contributed by atoms with Gasteiger partial charge in [-0.3, -0.25) is 4.79 Å². The number of aliphatic carboxylic acids is 1. The zero-order valence-corrected chi connectivity index (χ0v) is 9.63. The van der Waals surface area contributed by atoms with E-state index in [9.17, 15) is 9.59 Å².